The Morgan fingerprint density at radius 2 is 0.903 bits per heavy atom. The number of hydrogen-bond donors (Lipinski definition) is 4. The highest BCUT2D eigenvalue weighted by Gasteiger charge is 2.18. The van der Waals surface area contributed by atoms with E-state index in [-0.39, 0.29) is 47.9 Å². The molecule has 0 atom stereocenters. The topological polar surface area (TPSA) is 319 Å². The van der Waals surface area contributed by atoms with Gasteiger partial charge in [0.1, 0.15) is 75.1 Å². The van der Waals surface area contributed by atoms with Crippen LogP contribution in [0.15, 0.2) is 166 Å². The van der Waals surface area contributed by atoms with Crippen LogP contribution in [0, 0.1) is 6.92 Å². The van der Waals surface area contributed by atoms with E-state index in [2.05, 4.69) is 57.9 Å². The van der Waals surface area contributed by atoms with Crippen LogP contribution in [-0.4, -0.2) is 150 Å². The van der Waals surface area contributed by atoms with Crippen LogP contribution < -0.4 is 49.6 Å². The predicted molar refractivity (Wildman–Crippen MR) is 398 cm³/mol. The Bertz CT molecular complexity index is 4630. The normalized spacial score (nSPS) is 11.4. The standard InChI is InChI=1S/C20H28FN3O4.C15H20FN3O2.C12H16N2O2.C11H14N2O2.C8H6ClNO2.C7H8O3S/c1-6-9-24(5)18-23-16-8-7-15(10-17(16)27-18)26-13-14(11-21)12-22-19(25)28-20(2,3)4;1-3-6-19(2)15-18-13-5-4-12(7-14(13)21-15)20-10-11(8-16)9-17;1-4-7-14(2)12-13-10-6-5-9(15-3)8-11(10)16-12;1-3-6-13(2)11-12-9-5-4-8(14)7-10(9)15-11;1-11-5-2-3-6-7(4-5)12-8(9)10-6;1-6-2-4-7(5-3-6)11(8,9)10/h7-8,10-11H,6,9,12-13H2,1-5H3,(H,22,25);4-5,7-8H,3,6,9-10,17H2,1-2H3;5-6,8H,4,7H2,1-3H3;4-5,7,14H,3,6H2,1-2H3;2-4H,1H3;2-5H,1H3,(H,8,9,10)/b14-11+;11-8+;;;;. The SMILES string of the molecule is CCCN(C)c1nc2ccc(O)cc2o1.CCCN(C)c1nc2ccc(OC)cc2o1.CCCN(C)c1nc2ccc(OC/C(=C/F)CN)cc2o1.CCCN(C)c1nc2ccc(OC/C(=C/F)CNC(=O)OC(C)(C)C)cc2o1.COc1ccc2nc(Cl)oc2c1.Cc1ccc(S(=O)(=O)O)cc1. The molecule has 103 heavy (non-hydrogen) atoms. The largest absolute Gasteiger partial charge is 0.508 e. The summed E-state index contributed by atoms with van der Waals surface area (Å²) in [6.07, 6.45) is 4.39. The first-order valence-corrected chi connectivity index (χ1v) is 34.8. The molecule has 0 aliphatic heterocycles. The lowest BCUT2D eigenvalue weighted by molar-refractivity contribution is 0.0531. The number of aryl methyl sites for hydroxylation is 1. The van der Waals surface area contributed by atoms with Crippen molar-refractivity contribution in [1.29, 1.82) is 0 Å². The molecule has 5 heterocycles. The number of carbonyl (C=O) groups is 1. The highest BCUT2D eigenvalue weighted by molar-refractivity contribution is 7.85. The number of benzene rings is 6. The van der Waals surface area contributed by atoms with Crippen LogP contribution in [0.2, 0.25) is 5.35 Å². The van der Waals surface area contributed by atoms with Crippen LogP contribution in [0.25, 0.3) is 55.5 Å². The van der Waals surface area contributed by atoms with E-state index < -0.39 is 21.8 Å². The number of phenols is 1. The zero-order valence-electron chi connectivity index (χ0n) is 60.5. The molecule has 5 N–H and O–H groups in total. The number of fused-ring (bicyclic) bond motifs is 5. The number of rotatable bonds is 24. The fourth-order valence-electron chi connectivity index (χ4n) is 9.09. The van der Waals surface area contributed by atoms with Gasteiger partial charge in [-0.25, -0.2) is 13.6 Å². The molecule has 0 bridgehead atoms. The maximum absolute atomic E-state index is 13.1. The Labute approximate surface area is 602 Å². The molecule has 11 rings (SSSR count). The summed E-state index contributed by atoms with van der Waals surface area (Å²) in [5, 5.41) is 11.9. The van der Waals surface area contributed by atoms with E-state index in [0.29, 0.717) is 76.1 Å². The van der Waals surface area contributed by atoms with Gasteiger partial charge in [0.2, 0.25) is 0 Å². The van der Waals surface area contributed by atoms with Crippen molar-refractivity contribution in [2.45, 2.75) is 91.6 Å². The highest BCUT2D eigenvalue weighted by atomic mass is 35.5. The molecule has 0 saturated carbocycles. The Morgan fingerprint density at radius 1 is 0.553 bits per heavy atom. The third-order valence-electron chi connectivity index (χ3n) is 14.4. The van der Waals surface area contributed by atoms with Crippen molar-refractivity contribution in [2.75, 3.05) is 114 Å². The first kappa shape index (κ1) is 81.6. The van der Waals surface area contributed by atoms with Gasteiger partial charge in [-0.05, 0) is 138 Å². The number of halogens is 3. The summed E-state index contributed by atoms with van der Waals surface area (Å²) >= 11 is 5.56. The summed E-state index contributed by atoms with van der Waals surface area (Å²) in [7, 11) is 6.99. The second-order valence-corrected chi connectivity index (χ2v) is 25.9. The van der Waals surface area contributed by atoms with Crippen LogP contribution >= 0.6 is 11.6 Å². The number of carbonyl (C=O) groups excluding carboxylic acids is 1. The predicted octanol–water partition coefficient (Wildman–Crippen LogP) is 16.1. The number of nitrogens with one attached hydrogen (secondary N) is 1. The fourth-order valence-corrected chi connectivity index (χ4v) is 9.74. The number of hydrogen-bond acceptors (Lipinski definition) is 24. The Balaban J connectivity index is 0.000000200. The van der Waals surface area contributed by atoms with Gasteiger partial charge in [0.25, 0.3) is 39.5 Å². The van der Waals surface area contributed by atoms with Crippen LogP contribution in [0.4, 0.5) is 37.6 Å². The minimum Gasteiger partial charge on any atom is -0.508 e. The fraction of sp³-hybridized carbons (Fsp3) is 0.370. The molecule has 0 saturated heterocycles. The number of phenolic OH excluding ortho intramolecular Hbond substituents is 1. The maximum atomic E-state index is 13.1. The van der Waals surface area contributed by atoms with Gasteiger partial charge in [0, 0.05) is 109 Å². The smallest absolute Gasteiger partial charge is 0.407 e. The molecule has 5 aromatic heterocycles. The molecule has 0 unspecified atom stereocenters. The molecular weight excluding hydrogens is 1380 g/mol. The van der Waals surface area contributed by atoms with Gasteiger partial charge in [0.05, 0.1) is 31.8 Å². The molecule has 0 spiro atoms. The van der Waals surface area contributed by atoms with Gasteiger partial charge in [-0.3, -0.25) is 4.55 Å². The number of aromatic hydroxyl groups is 1. The zero-order chi connectivity index (χ0) is 75.4. The van der Waals surface area contributed by atoms with Crippen molar-refractivity contribution in [3.05, 3.63) is 150 Å². The molecule has 6 aromatic carbocycles. The number of nitrogens with two attached hydrogens (primary N) is 1. The number of ether oxygens (including phenoxy) is 5. The zero-order valence-corrected chi connectivity index (χ0v) is 62.0. The Kier molecular flexibility index (Phi) is 31.5. The van der Waals surface area contributed by atoms with Gasteiger partial charge in [-0.15, -0.1) is 0 Å². The maximum Gasteiger partial charge on any atom is 0.407 e. The molecule has 26 nitrogen and oxygen atoms in total. The lowest BCUT2D eigenvalue weighted by atomic mass is 10.2. The van der Waals surface area contributed by atoms with Gasteiger partial charge in [-0.1, -0.05) is 45.4 Å². The van der Waals surface area contributed by atoms with E-state index in [0.717, 1.165) is 102 Å². The number of oxazole rings is 5. The number of methoxy groups -OCH3 is 2. The first-order chi connectivity index (χ1) is 49.1. The number of anilines is 4. The van der Waals surface area contributed by atoms with E-state index in [1.807, 2.05) is 79.0 Å². The average molecular weight is 1470 g/mol. The van der Waals surface area contributed by atoms with E-state index >= 15 is 0 Å². The summed E-state index contributed by atoms with van der Waals surface area (Å²) in [6.45, 7) is 19.3. The Morgan fingerprint density at radius 3 is 1.26 bits per heavy atom. The number of amides is 1. The summed E-state index contributed by atoms with van der Waals surface area (Å²) < 4.78 is 109. The second-order valence-electron chi connectivity index (χ2n) is 24.2. The van der Waals surface area contributed by atoms with Crippen molar-refractivity contribution in [3.8, 4) is 28.7 Å². The highest BCUT2D eigenvalue weighted by Crippen LogP contribution is 2.30. The molecule has 11 aromatic rings. The summed E-state index contributed by atoms with van der Waals surface area (Å²) in [6, 6.07) is 34.9. The van der Waals surface area contributed by atoms with Gasteiger partial charge >= 0.3 is 6.09 Å². The van der Waals surface area contributed by atoms with E-state index in [1.54, 1.807) is 114 Å². The molecule has 0 radical (unpaired) electrons. The number of aromatic nitrogens is 5. The van der Waals surface area contributed by atoms with Crippen LogP contribution in [-0.2, 0) is 14.9 Å². The average Bonchev–Trinajstić information content (AvgIpc) is 1.61. The summed E-state index contributed by atoms with van der Waals surface area (Å²) in [5.74, 6) is 2.83. The lowest BCUT2D eigenvalue weighted by Crippen LogP contribution is -2.34. The molecule has 556 valence electrons. The second kappa shape index (κ2) is 39.7. The van der Waals surface area contributed by atoms with E-state index in [9.17, 15) is 27.1 Å². The molecule has 1 amide bonds. The first-order valence-electron chi connectivity index (χ1n) is 33.0. The molecule has 0 aliphatic carbocycles. The van der Waals surface area contributed by atoms with Gasteiger partial charge in [0.15, 0.2) is 27.9 Å². The third-order valence-corrected chi connectivity index (χ3v) is 15.4. The number of nitrogens with zero attached hydrogens (tertiary/aromatic N) is 9. The molecule has 0 fully saturated rings. The molecule has 0 aliphatic rings. The van der Waals surface area contributed by atoms with Crippen molar-refractivity contribution in [1.82, 2.24) is 30.2 Å². The van der Waals surface area contributed by atoms with E-state index in [1.165, 1.54) is 12.1 Å². The van der Waals surface area contributed by atoms with Crippen molar-refractivity contribution >= 4 is 107 Å². The Hall–Kier alpha value is -10.4. The molecule has 30 heteroatoms. The minimum atomic E-state index is -4.02. The van der Waals surface area contributed by atoms with Crippen molar-refractivity contribution in [3.63, 3.8) is 0 Å². The number of alkyl carbamates (subject to hydrolysis) is 1. The van der Waals surface area contributed by atoms with E-state index in [4.69, 9.17) is 67.7 Å². The minimum absolute atomic E-state index is 0.0120. The third kappa shape index (κ3) is 25.9. The van der Waals surface area contributed by atoms with Crippen LogP contribution in [0.5, 0.6) is 28.7 Å². The van der Waals surface area contributed by atoms with Crippen molar-refractivity contribution in [2.24, 2.45) is 5.73 Å². The van der Waals surface area contributed by atoms with Crippen molar-refractivity contribution < 1.29 is 77.4 Å². The monoisotopic (exact) mass is 1470 g/mol. The molecular formula is C73H92ClF2N11O15S. The summed E-state index contributed by atoms with van der Waals surface area (Å²) in [4.78, 5) is 41.0. The van der Waals surface area contributed by atoms with Gasteiger partial charge in [-0.2, -0.15) is 33.3 Å². The van der Waals surface area contributed by atoms with Gasteiger partial charge < -0.3 is 81.5 Å². The van der Waals surface area contributed by atoms with Crippen LogP contribution in [0.1, 0.15) is 79.7 Å². The van der Waals surface area contributed by atoms with Crippen LogP contribution in [0.3, 0.4) is 0 Å². The lowest BCUT2D eigenvalue weighted by Gasteiger charge is -2.20. The summed E-state index contributed by atoms with van der Waals surface area (Å²) in [5.41, 5.74) is 13.5. The quantitative estimate of drug-likeness (QED) is 0.0408.